The number of aliphatic carboxylic acids is 1. The molecule has 0 bridgehead atoms. The van der Waals surface area contributed by atoms with Crippen LogP contribution in [0.25, 0.3) is 0 Å². The fraction of sp³-hybridized carbons (Fsp3) is 0.467. The molecule has 1 aromatic carbocycles. The molecule has 108 valence electrons. The molecule has 1 aliphatic rings. The average Bonchev–Trinajstić information content (AvgIpc) is 2.96. The highest BCUT2D eigenvalue weighted by atomic mass is 16.5. The lowest BCUT2D eigenvalue weighted by molar-refractivity contribution is -0.155. The lowest BCUT2D eigenvalue weighted by atomic mass is 10.1. The number of likely N-dealkylation sites (N-methyl/N-ethyl adjacent to an activating group) is 1. The number of carboxylic acid groups (broad SMARTS) is 1. The van der Waals surface area contributed by atoms with Gasteiger partial charge in [0.2, 0.25) is 0 Å². The Morgan fingerprint density at radius 3 is 2.40 bits per heavy atom. The second-order valence-corrected chi connectivity index (χ2v) is 5.06. The molecule has 3 atom stereocenters. The van der Waals surface area contributed by atoms with Crippen LogP contribution in [-0.2, 0) is 14.3 Å². The summed E-state index contributed by atoms with van der Waals surface area (Å²) in [6, 6.07) is 9.63. The van der Waals surface area contributed by atoms with E-state index < -0.39 is 18.2 Å². The van der Waals surface area contributed by atoms with Crippen molar-refractivity contribution in [2.24, 2.45) is 0 Å². The van der Waals surface area contributed by atoms with Gasteiger partial charge in [-0.15, -0.1) is 0 Å². The number of nitrogens with zero attached hydrogens (tertiary/aromatic N) is 1. The third-order valence-corrected chi connectivity index (χ3v) is 3.78. The van der Waals surface area contributed by atoms with Crippen molar-refractivity contribution in [1.82, 2.24) is 4.90 Å². The summed E-state index contributed by atoms with van der Waals surface area (Å²) >= 11 is 0. The van der Waals surface area contributed by atoms with Gasteiger partial charge in [-0.05, 0) is 25.3 Å². The van der Waals surface area contributed by atoms with Crippen LogP contribution >= 0.6 is 0 Å². The average molecular weight is 277 g/mol. The maximum absolute atomic E-state index is 12.3. The van der Waals surface area contributed by atoms with E-state index >= 15 is 0 Å². The molecule has 5 heteroatoms. The summed E-state index contributed by atoms with van der Waals surface area (Å²) in [5.41, 5.74) is 1.04. The quantitative estimate of drug-likeness (QED) is 0.912. The molecular weight excluding hydrogens is 258 g/mol. The third-order valence-electron chi connectivity index (χ3n) is 3.78. The second kappa shape index (κ2) is 6.05. The molecule has 0 spiro atoms. The topological polar surface area (TPSA) is 66.8 Å². The molecule has 1 N–H and O–H groups in total. The zero-order valence-electron chi connectivity index (χ0n) is 11.7. The molecule has 1 amide bonds. The summed E-state index contributed by atoms with van der Waals surface area (Å²) in [6.07, 6.45) is -0.655. The van der Waals surface area contributed by atoms with Crippen LogP contribution in [0.3, 0.4) is 0 Å². The van der Waals surface area contributed by atoms with Gasteiger partial charge in [-0.2, -0.15) is 0 Å². The second-order valence-electron chi connectivity index (χ2n) is 5.06. The van der Waals surface area contributed by atoms with Crippen molar-refractivity contribution < 1.29 is 19.4 Å². The van der Waals surface area contributed by atoms with Crippen molar-refractivity contribution in [3.05, 3.63) is 35.9 Å². The predicted octanol–water partition coefficient (Wildman–Crippen LogP) is 1.84. The lowest BCUT2D eigenvalue weighted by Crippen LogP contribution is -2.38. The largest absolute Gasteiger partial charge is 0.479 e. The molecule has 2 rings (SSSR count). The molecule has 1 unspecified atom stereocenters. The molecule has 0 radical (unpaired) electrons. The number of carbonyl (C=O) groups is 2. The molecule has 5 nitrogen and oxygen atoms in total. The van der Waals surface area contributed by atoms with Crippen LogP contribution in [0.5, 0.6) is 0 Å². The summed E-state index contributed by atoms with van der Waals surface area (Å²) in [5.74, 6) is -1.16. The first kappa shape index (κ1) is 14.5. The number of benzene rings is 1. The zero-order chi connectivity index (χ0) is 14.7. The molecule has 1 fully saturated rings. The normalized spacial score (nSPS) is 23.3. The van der Waals surface area contributed by atoms with Crippen molar-refractivity contribution in [3.63, 3.8) is 0 Å². The number of ether oxygens (including phenoxy) is 1. The van der Waals surface area contributed by atoms with Gasteiger partial charge < -0.3 is 14.7 Å². The predicted molar refractivity (Wildman–Crippen MR) is 73.2 cm³/mol. The van der Waals surface area contributed by atoms with Crippen molar-refractivity contribution in [1.29, 1.82) is 0 Å². The number of rotatable bonds is 4. The number of amides is 1. The van der Waals surface area contributed by atoms with Crippen LogP contribution < -0.4 is 0 Å². The first-order chi connectivity index (χ1) is 9.50. The van der Waals surface area contributed by atoms with Crippen LogP contribution in [0.2, 0.25) is 0 Å². The van der Waals surface area contributed by atoms with E-state index in [0.717, 1.165) is 5.56 Å². The summed E-state index contributed by atoms with van der Waals surface area (Å²) in [4.78, 5) is 24.8. The first-order valence-electron chi connectivity index (χ1n) is 6.70. The van der Waals surface area contributed by atoms with Gasteiger partial charge in [0.05, 0.1) is 6.04 Å². The standard InChI is InChI=1S/C15H19NO4/c1-10(11-6-4-3-5-7-11)16(2)14(17)12-8-9-13(20-12)15(18)19/h3-7,10,12-13H,8-9H2,1-2H3,(H,18,19)/t10?,12-,13+/m0/s1. The first-order valence-corrected chi connectivity index (χ1v) is 6.70. The summed E-state index contributed by atoms with van der Waals surface area (Å²) in [5, 5.41) is 8.89. The third kappa shape index (κ3) is 2.99. The van der Waals surface area contributed by atoms with E-state index in [2.05, 4.69) is 0 Å². The minimum absolute atomic E-state index is 0.0730. The molecule has 0 saturated carbocycles. The summed E-state index contributed by atoms with van der Waals surface area (Å²) in [7, 11) is 1.72. The van der Waals surface area contributed by atoms with E-state index in [1.807, 2.05) is 37.3 Å². The van der Waals surface area contributed by atoms with Crippen molar-refractivity contribution in [2.45, 2.75) is 38.0 Å². The van der Waals surface area contributed by atoms with Gasteiger partial charge in [0.25, 0.3) is 5.91 Å². The lowest BCUT2D eigenvalue weighted by Gasteiger charge is -2.27. The van der Waals surface area contributed by atoms with E-state index in [1.54, 1.807) is 11.9 Å². The molecule has 1 aromatic rings. The zero-order valence-corrected chi connectivity index (χ0v) is 11.7. The maximum Gasteiger partial charge on any atom is 0.332 e. The van der Waals surface area contributed by atoms with Gasteiger partial charge >= 0.3 is 5.97 Å². The van der Waals surface area contributed by atoms with E-state index in [-0.39, 0.29) is 11.9 Å². The van der Waals surface area contributed by atoms with Gasteiger partial charge in [-0.1, -0.05) is 30.3 Å². The van der Waals surface area contributed by atoms with Gasteiger partial charge in [-0.3, -0.25) is 4.79 Å². The van der Waals surface area contributed by atoms with Crippen molar-refractivity contribution in [3.8, 4) is 0 Å². The monoisotopic (exact) mass is 277 g/mol. The van der Waals surface area contributed by atoms with Crippen molar-refractivity contribution in [2.75, 3.05) is 7.05 Å². The molecule has 1 saturated heterocycles. The molecule has 1 aliphatic heterocycles. The Bertz CT molecular complexity index is 488. The number of hydrogen-bond donors (Lipinski definition) is 1. The smallest absolute Gasteiger partial charge is 0.332 e. The summed E-state index contributed by atoms with van der Waals surface area (Å²) in [6.45, 7) is 1.94. The highest BCUT2D eigenvalue weighted by Gasteiger charge is 2.37. The Morgan fingerprint density at radius 1 is 1.25 bits per heavy atom. The van der Waals surface area contributed by atoms with Gasteiger partial charge in [0.15, 0.2) is 6.10 Å². The van der Waals surface area contributed by atoms with E-state index in [9.17, 15) is 9.59 Å². The SMILES string of the molecule is CC(c1ccccc1)N(C)C(=O)[C@@H]1CC[C@H](C(=O)O)O1. The maximum atomic E-state index is 12.3. The minimum Gasteiger partial charge on any atom is -0.479 e. The van der Waals surface area contributed by atoms with Crippen LogP contribution in [-0.4, -0.2) is 41.1 Å². The Kier molecular flexibility index (Phi) is 4.39. The Balaban J connectivity index is 2.01. The molecule has 0 aliphatic carbocycles. The van der Waals surface area contributed by atoms with Gasteiger partial charge in [-0.25, -0.2) is 4.79 Å². The number of hydrogen-bond acceptors (Lipinski definition) is 3. The van der Waals surface area contributed by atoms with Crippen LogP contribution in [0.15, 0.2) is 30.3 Å². The van der Waals surface area contributed by atoms with Crippen LogP contribution in [0.1, 0.15) is 31.4 Å². The fourth-order valence-corrected chi connectivity index (χ4v) is 2.37. The Labute approximate surface area is 118 Å². The molecule has 20 heavy (non-hydrogen) atoms. The Morgan fingerprint density at radius 2 is 1.85 bits per heavy atom. The highest BCUT2D eigenvalue weighted by molar-refractivity contribution is 5.82. The fourth-order valence-electron chi connectivity index (χ4n) is 2.37. The molecule has 0 aromatic heterocycles. The Hall–Kier alpha value is -1.88. The molecular formula is C15H19NO4. The number of carbonyl (C=O) groups excluding carboxylic acids is 1. The summed E-state index contributed by atoms with van der Waals surface area (Å²) < 4.78 is 5.30. The van der Waals surface area contributed by atoms with Crippen molar-refractivity contribution >= 4 is 11.9 Å². The van der Waals surface area contributed by atoms with Gasteiger partial charge in [0.1, 0.15) is 6.10 Å². The highest BCUT2D eigenvalue weighted by Crippen LogP contribution is 2.25. The van der Waals surface area contributed by atoms with Gasteiger partial charge in [0, 0.05) is 7.05 Å². The van der Waals surface area contributed by atoms with E-state index in [0.29, 0.717) is 12.8 Å². The minimum atomic E-state index is -1.00. The van der Waals surface area contributed by atoms with E-state index in [4.69, 9.17) is 9.84 Å². The number of carboxylic acids is 1. The van der Waals surface area contributed by atoms with E-state index in [1.165, 1.54) is 0 Å². The molecule has 1 heterocycles. The van der Waals surface area contributed by atoms with Crippen LogP contribution in [0, 0.1) is 0 Å². The van der Waals surface area contributed by atoms with Crippen LogP contribution in [0.4, 0.5) is 0 Å².